The number of carbonyl (C=O) groups is 3. The highest BCUT2D eigenvalue weighted by Gasteiger charge is 2.71. The summed E-state index contributed by atoms with van der Waals surface area (Å²) >= 11 is 0. The summed E-state index contributed by atoms with van der Waals surface area (Å²) in [7, 11) is 0. The van der Waals surface area contributed by atoms with Crippen molar-refractivity contribution in [3.05, 3.63) is 58.5 Å². The largest absolute Gasteiger partial charge is 0.442 e. The predicted octanol–water partition coefficient (Wildman–Crippen LogP) is 2.99. The van der Waals surface area contributed by atoms with Crippen molar-refractivity contribution < 1.29 is 58.9 Å². The standard InChI is InChI=1S/C44H66N2O12/c1-13-15-16-18-30(49)31-29-20-26-19-27(17-14-2)46(21-28(26)32(50)41(29,9)56-33(31)51)35-37(5,58-40(8,23-48)44(12,54)43(35,11)53)24-55-25-38(6)39(7,22-47)57-36(3,4)34(45)42(38,10)52/h14,17,19-21,34-35,47-48,52-54H,13,15-16,18,22-25,45H2,1-12H3/b17-14+/t34?,35?,37-,38+,39?,40?,41?,42-,43-,44+/m0/s1. The van der Waals surface area contributed by atoms with E-state index in [2.05, 4.69) is 0 Å². The van der Waals surface area contributed by atoms with Crippen LogP contribution in [0.2, 0.25) is 0 Å². The Kier molecular flexibility index (Phi) is 11.8. The van der Waals surface area contributed by atoms with Crippen LogP contribution in [0.15, 0.2) is 58.5 Å². The number of carbonyl (C=O) groups excluding carboxylic acids is 3. The van der Waals surface area contributed by atoms with E-state index in [0.29, 0.717) is 17.7 Å². The van der Waals surface area contributed by atoms with Crippen LogP contribution in [0.3, 0.4) is 0 Å². The van der Waals surface area contributed by atoms with Crippen LogP contribution in [-0.2, 0) is 33.3 Å². The van der Waals surface area contributed by atoms with Gasteiger partial charge in [-0.25, -0.2) is 4.79 Å². The Bertz CT molecular complexity index is 1870. The first kappa shape index (κ1) is 46.0. The predicted molar refractivity (Wildman–Crippen MR) is 215 cm³/mol. The number of allylic oxidation sites excluding steroid dienone is 4. The van der Waals surface area contributed by atoms with E-state index in [1.165, 1.54) is 33.9 Å². The van der Waals surface area contributed by atoms with Crippen molar-refractivity contribution in [2.24, 2.45) is 11.1 Å². The molecule has 4 aliphatic heterocycles. The molecule has 0 aromatic rings. The molecule has 58 heavy (non-hydrogen) atoms. The van der Waals surface area contributed by atoms with Crippen molar-refractivity contribution in [1.29, 1.82) is 0 Å². The summed E-state index contributed by atoms with van der Waals surface area (Å²) in [5.41, 5.74) is -7.06. The van der Waals surface area contributed by atoms with Gasteiger partial charge in [0, 0.05) is 29.5 Å². The van der Waals surface area contributed by atoms with Crippen LogP contribution in [0.5, 0.6) is 0 Å². The second-order valence-corrected chi connectivity index (χ2v) is 19.0. The Labute approximate surface area is 342 Å². The molecule has 2 fully saturated rings. The summed E-state index contributed by atoms with van der Waals surface area (Å²) < 4.78 is 25.3. The number of fused-ring (bicyclic) bond motifs is 2. The third kappa shape index (κ3) is 6.53. The lowest BCUT2D eigenvalue weighted by molar-refractivity contribution is -0.366. The van der Waals surface area contributed by atoms with Gasteiger partial charge in [-0.1, -0.05) is 32.8 Å². The van der Waals surface area contributed by atoms with Gasteiger partial charge in [0.15, 0.2) is 11.4 Å². The number of nitrogens with zero attached hydrogens (tertiary/aromatic N) is 1. The van der Waals surface area contributed by atoms with Gasteiger partial charge in [0.25, 0.3) is 0 Å². The van der Waals surface area contributed by atoms with Crippen molar-refractivity contribution in [2.75, 3.05) is 26.4 Å². The number of esters is 1. The maximum absolute atomic E-state index is 14.6. The van der Waals surface area contributed by atoms with Gasteiger partial charge in [0.1, 0.15) is 28.0 Å². The van der Waals surface area contributed by atoms with E-state index in [1.807, 2.05) is 6.92 Å². The minimum atomic E-state index is -2.13. The minimum Gasteiger partial charge on any atom is -0.442 e. The van der Waals surface area contributed by atoms with Crippen molar-refractivity contribution in [2.45, 2.75) is 166 Å². The SMILES string of the molecule is C/C=C/C1=CC2=CC3=C(C(=O)CCCCC)C(=O)OC3(C)C(=O)C2=CN1C1[C@](C)(O)[C@](C)(O)C(C)(CO)O[C@@]1(C)COC[C@]1(C)C(C)(CO)OC(C)(C)C(N)[C@]1(C)O. The Morgan fingerprint density at radius 3 is 2.09 bits per heavy atom. The van der Waals surface area contributed by atoms with Gasteiger partial charge in [0.2, 0.25) is 5.78 Å². The fraction of sp³-hybridized carbons (Fsp3) is 0.705. The highest BCUT2D eigenvalue weighted by Crippen LogP contribution is 2.55. The van der Waals surface area contributed by atoms with Crippen LogP contribution in [0.1, 0.15) is 109 Å². The maximum atomic E-state index is 14.6. The molecular formula is C44H66N2O12. The summed E-state index contributed by atoms with van der Waals surface area (Å²) in [5, 5.41) is 58.4. The lowest BCUT2D eigenvalue weighted by Gasteiger charge is -2.65. The fourth-order valence-corrected chi connectivity index (χ4v) is 9.99. The van der Waals surface area contributed by atoms with E-state index in [4.69, 9.17) is 24.7 Å². The molecule has 0 saturated carbocycles. The third-order valence-electron chi connectivity index (χ3n) is 14.4. The molecule has 0 bridgehead atoms. The van der Waals surface area contributed by atoms with Crippen LogP contribution < -0.4 is 5.73 Å². The number of ketones is 2. The molecule has 5 rings (SSSR count). The van der Waals surface area contributed by atoms with Gasteiger partial charge >= 0.3 is 5.97 Å². The van der Waals surface area contributed by atoms with Crippen LogP contribution >= 0.6 is 0 Å². The zero-order valence-electron chi connectivity index (χ0n) is 36.3. The van der Waals surface area contributed by atoms with E-state index < -0.39 is 87.3 Å². The number of aliphatic hydroxyl groups is 5. The molecule has 5 aliphatic rings. The molecular weight excluding hydrogens is 748 g/mol. The van der Waals surface area contributed by atoms with Gasteiger partial charge < -0.3 is 55.1 Å². The van der Waals surface area contributed by atoms with Crippen molar-refractivity contribution in [3.63, 3.8) is 0 Å². The Morgan fingerprint density at radius 2 is 1.52 bits per heavy atom. The number of unbranched alkanes of at least 4 members (excludes halogenated alkanes) is 2. The van der Waals surface area contributed by atoms with Crippen LogP contribution in [0.25, 0.3) is 0 Å². The van der Waals surface area contributed by atoms with Gasteiger partial charge in [-0.3, -0.25) is 9.59 Å². The molecule has 7 N–H and O–H groups in total. The van der Waals surface area contributed by atoms with E-state index in [9.17, 15) is 39.9 Å². The smallest absolute Gasteiger partial charge is 0.343 e. The van der Waals surface area contributed by atoms with Gasteiger partial charge in [-0.05, 0) is 99.5 Å². The minimum absolute atomic E-state index is 0.124. The summed E-state index contributed by atoms with van der Waals surface area (Å²) in [6.07, 6.45) is 10.8. The molecule has 14 nitrogen and oxygen atoms in total. The molecule has 0 radical (unpaired) electrons. The van der Waals surface area contributed by atoms with Gasteiger partial charge in [0.05, 0.1) is 60.7 Å². The zero-order valence-corrected chi connectivity index (χ0v) is 36.3. The number of aliphatic hydroxyl groups excluding tert-OH is 2. The maximum Gasteiger partial charge on any atom is 0.343 e. The first-order valence-electron chi connectivity index (χ1n) is 20.3. The molecule has 1 aliphatic carbocycles. The van der Waals surface area contributed by atoms with Crippen LogP contribution in [-0.4, -0.2) is 131 Å². The quantitative estimate of drug-likeness (QED) is 0.0896. The summed E-state index contributed by atoms with van der Waals surface area (Å²) in [6, 6.07) is -2.15. The highest BCUT2D eigenvalue weighted by molar-refractivity contribution is 6.25. The molecule has 0 amide bonds. The first-order valence-corrected chi connectivity index (χ1v) is 20.3. The first-order chi connectivity index (χ1) is 26.6. The topological polar surface area (TPSA) is 219 Å². The van der Waals surface area contributed by atoms with E-state index in [0.717, 1.165) is 12.8 Å². The number of nitrogens with two attached hydrogens (primary N) is 1. The fourth-order valence-electron chi connectivity index (χ4n) is 9.99. The average molecular weight is 815 g/mol. The molecule has 2 saturated heterocycles. The molecule has 324 valence electrons. The molecule has 10 atom stereocenters. The summed E-state index contributed by atoms with van der Waals surface area (Å²) in [5.74, 6) is -1.82. The Hall–Kier alpha value is -3.05. The van der Waals surface area contributed by atoms with Gasteiger partial charge in [-0.15, -0.1) is 0 Å². The second-order valence-electron chi connectivity index (χ2n) is 19.0. The summed E-state index contributed by atoms with van der Waals surface area (Å²) in [4.78, 5) is 42.8. The number of rotatable bonds is 13. The third-order valence-corrected chi connectivity index (χ3v) is 14.4. The van der Waals surface area contributed by atoms with Crippen molar-refractivity contribution in [1.82, 2.24) is 4.90 Å². The molecule has 14 heteroatoms. The normalized spacial score (nSPS) is 42.5. The Balaban J connectivity index is 1.63. The molecule has 0 spiro atoms. The number of hydrogen-bond donors (Lipinski definition) is 6. The van der Waals surface area contributed by atoms with Crippen LogP contribution in [0, 0.1) is 5.41 Å². The number of Topliss-reactive ketones (excluding diaryl/α,β-unsaturated/α-hetero) is 2. The highest BCUT2D eigenvalue weighted by atomic mass is 16.6. The summed E-state index contributed by atoms with van der Waals surface area (Å²) in [6.45, 7) is 18.0. The lowest BCUT2D eigenvalue weighted by atomic mass is 9.57. The second kappa shape index (κ2) is 14.8. The van der Waals surface area contributed by atoms with Crippen LogP contribution in [0.4, 0.5) is 0 Å². The van der Waals surface area contributed by atoms with Crippen molar-refractivity contribution in [3.8, 4) is 0 Å². The Morgan fingerprint density at radius 1 is 0.897 bits per heavy atom. The molecule has 4 heterocycles. The van der Waals surface area contributed by atoms with Crippen molar-refractivity contribution >= 4 is 17.5 Å². The lowest BCUT2D eigenvalue weighted by Crippen LogP contribution is -2.83. The number of ether oxygens (including phenoxy) is 4. The molecule has 5 unspecified atom stereocenters. The average Bonchev–Trinajstić information content (AvgIpc) is 3.39. The monoisotopic (exact) mass is 814 g/mol. The molecule has 0 aromatic heterocycles. The van der Waals surface area contributed by atoms with E-state index >= 15 is 0 Å². The molecule has 0 aromatic carbocycles. The van der Waals surface area contributed by atoms with E-state index in [-0.39, 0.29) is 42.1 Å². The van der Waals surface area contributed by atoms with Gasteiger partial charge in [-0.2, -0.15) is 0 Å². The zero-order chi connectivity index (χ0) is 43.9. The number of hydrogen-bond acceptors (Lipinski definition) is 14. The van der Waals surface area contributed by atoms with E-state index in [1.54, 1.807) is 77.7 Å².